The first kappa shape index (κ1) is 13.7. The van der Waals surface area contributed by atoms with E-state index in [1.165, 1.54) is 6.92 Å². The van der Waals surface area contributed by atoms with Crippen LogP contribution in [-0.4, -0.2) is 40.4 Å². The van der Waals surface area contributed by atoms with Gasteiger partial charge in [0.05, 0.1) is 6.10 Å². The van der Waals surface area contributed by atoms with Gasteiger partial charge in [-0.15, -0.1) is 0 Å². The van der Waals surface area contributed by atoms with E-state index in [0.717, 1.165) is 6.42 Å². The number of urea groups is 1. The lowest BCUT2D eigenvalue weighted by Crippen LogP contribution is -2.52. The highest BCUT2D eigenvalue weighted by Gasteiger charge is 2.25. The molecule has 0 aliphatic rings. The molecule has 15 heavy (non-hydrogen) atoms. The molecule has 4 N–H and O–H groups in total. The summed E-state index contributed by atoms with van der Waals surface area (Å²) in [7, 11) is 0. The van der Waals surface area contributed by atoms with Crippen LogP contribution < -0.4 is 10.6 Å². The van der Waals surface area contributed by atoms with Crippen molar-refractivity contribution >= 4 is 12.0 Å². The Hall–Kier alpha value is -1.30. The van der Waals surface area contributed by atoms with Gasteiger partial charge < -0.3 is 20.8 Å². The van der Waals surface area contributed by atoms with E-state index in [9.17, 15) is 9.59 Å². The van der Waals surface area contributed by atoms with Gasteiger partial charge in [0.25, 0.3) is 0 Å². The molecule has 0 heterocycles. The molecule has 0 spiro atoms. The monoisotopic (exact) mass is 218 g/mol. The smallest absolute Gasteiger partial charge is 0.328 e. The van der Waals surface area contributed by atoms with Gasteiger partial charge in [0.2, 0.25) is 0 Å². The van der Waals surface area contributed by atoms with E-state index in [4.69, 9.17) is 10.2 Å². The van der Waals surface area contributed by atoms with Crippen molar-refractivity contribution in [1.29, 1.82) is 0 Å². The summed E-state index contributed by atoms with van der Waals surface area (Å²) in [6.45, 7) is 5.01. The number of carbonyl (C=O) groups is 2. The first-order chi connectivity index (χ1) is 6.88. The van der Waals surface area contributed by atoms with Crippen LogP contribution in [0.25, 0.3) is 0 Å². The SMILES string of the molecule is CCC(C)NC(=O)NC(C(=O)O)C(C)O. The zero-order valence-corrected chi connectivity index (χ0v) is 9.15. The number of aliphatic hydroxyl groups is 1. The Kier molecular flexibility index (Phi) is 5.69. The van der Waals surface area contributed by atoms with Crippen molar-refractivity contribution in [3.63, 3.8) is 0 Å². The van der Waals surface area contributed by atoms with Gasteiger partial charge in [-0.25, -0.2) is 9.59 Å². The Morgan fingerprint density at radius 3 is 2.13 bits per heavy atom. The molecule has 0 bridgehead atoms. The predicted octanol–water partition coefficient (Wildman–Crippen LogP) is -0.0819. The van der Waals surface area contributed by atoms with Gasteiger partial charge in [-0.1, -0.05) is 6.92 Å². The number of nitrogens with one attached hydrogen (secondary N) is 2. The summed E-state index contributed by atoms with van der Waals surface area (Å²) in [4.78, 5) is 21.9. The third kappa shape index (κ3) is 5.21. The molecular formula is C9H18N2O4. The third-order valence-corrected chi connectivity index (χ3v) is 2.02. The van der Waals surface area contributed by atoms with E-state index >= 15 is 0 Å². The fourth-order valence-electron chi connectivity index (χ4n) is 0.897. The average molecular weight is 218 g/mol. The quantitative estimate of drug-likeness (QED) is 0.518. The number of rotatable bonds is 5. The average Bonchev–Trinajstić information content (AvgIpc) is 2.12. The minimum absolute atomic E-state index is 0.0338. The highest BCUT2D eigenvalue weighted by atomic mass is 16.4. The lowest BCUT2D eigenvalue weighted by atomic mass is 10.2. The highest BCUT2D eigenvalue weighted by Crippen LogP contribution is 1.94. The van der Waals surface area contributed by atoms with Gasteiger partial charge in [0, 0.05) is 6.04 Å². The third-order valence-electron chi connectivity index (χ3n) is 2.02. The Balaban J connectivity index is 4.18. The van der Waals surface area contributed by atoms with Crippen molar-refractivity contribution < 1.29 is 19.8 Å². The van der Waals surface area contributed by atoms with Gasteiger partial charge in [-0.3, -0.25) is 0 Å². The molecule has 88 valence electrons. The van der Waals surface area contributed by atoms with E-state index in [0.29, 0.717) is 0 Å². The Morgan fingerprint density at radius 1 is 1.27 bits per heavy atom. The second-order valence-corrected chi connectivity index (χ2v) is 3.48. The van der Waals surface area contributed by atoms with Crippen molar-refractivity contribution in [2.75, 3.05) is 0 Å². The standard InChI is InChI=1S/C9H18N2O4/c1-4-5(2)10-9(15)11-7(6(3)12)8(13)14/h5-7,12H,4H2,1-3H3,(H,13,14)(H2,10,11,15). The summed E-state index contributed by atoms with van der Waals surface area (Å²) >= 11 is 0. The van der Waals surface area contributed by atoms with Crippen molar-refractivity contribution in [3.8, 4) is 0 Å². The number of hydrogen-bond donors (Lipinski definition) is 4. The molecule has 6 heteroatoms. The molecule has 0 fully saturated rings. The molecule has 0 saturated heterocycles. The molecular weight excluding hydrogens is 200 g/mol. The largest absolute Gasteiger partial charge is 0.480 e. The summed E-state index contributed by atoms with van der Waals surface area (Å²) in [6.07, 6.45) is -0.384. The molecule has 0 aromatic carbocycles. The number of aliphatic carboxylic acids is 1. The molecule has 2 amide bonds. The van der Waals surface area contributed by atoms with Crippen molar-refractivity contribution in [2.24, 2.45) is 0 Å². The van der Waals surface area contributed by atoms with Crippen LogP contribution in [0.15, 0.2) is 0 Å². The maximum absolute atomic E-state index is 11.2. The Bertz CT molecular complexity index is 230. The number of amides is 2. The minimum atomic E-state index is -1.28. The summed E-state index contributed by atoms with van der Waals surface area (Å²) in [5.41, 5.74) is 0. The van der Waals surface area contributed by atoms with Gasteiger partial charge >= 0.3 is 12.0 Å². The fraction of sp³-hybridized carbons (Fsp3) is 0.778. The van der Waals surface area contributed by atoms with Crippen LogP contribution in [0.5, 0.6) is 0 Å². The zero-order valence-electron chi connectivity index (χ0n) is 9.15. The summed E-state index contributed by atoms with van der Waals surface area (Å²) in [6, 6.07) is -1.90. The van der Waals surface area contributed by atoms with Gasteiger partial charge in [0.1, 0.15) is 0 Å². The molecule has 0 saturated carbocycles. The van der Waals surface area contributed by atoms with Crippen LogP contribution in [-0.2, 0) is 4.79 Å². The molecule has 0 aliphatic heterocycles. The van der Waals surface area contributed by atoms with Crippen LogP contribution in [0.2, 0.25) is 0 Å². The second kappa shape index (κ2) is 6.23. The van der Waals surface area contributed by atoms with Crippen molar-refractivity contribution in [3.05, 3.63) is 0 Å². The molecule has 0 aromatic heterocycles. The number of carboxylic acids is 1. The molecule has 0 radical (unpaired) electrons. The maximum Gasteiger partial charge on any atom is 0.328 e. The van der Waals surface area contributed by atoms with E-state index in [1.54, 1.807) is 6.92 Å². The van der Waals surface area contributed by atoms with Crippen LogP contribution >= 0.6 is 0 Å². The maximum atomic E-state index is 11.2. The number of hydrogen-bond acceptors (Lipinski definition) is 3. The Morgan fingerprint density at radius 2 is 1.80 bits per heavy atom. The molecule has 3 unspecified atom stereocenters. The second-order valence-electron chi connectivity index (χ2n) is 3.48. The van der Waals surface area contributed by atoms with Crippen LogP contribution in [0.1, 0.15) is 27.2 Å². The van der Waals surface area contributed by atoms with E-state index in [-0.39, 0.29) is 6.04 Å². The van der Waals surface area contributed by atoms with Crippen LogP contribution in [0.4, 0.5) is 4.79 Å². The zero-order chi connectivity index (χ0) is 12.0. The summed E-state index contributed by atoms with van der Waals surface area (Å²) in [5.74, 6) is -1.26. The van der Waals surface area contributed by atoms with Crippen molar-refractivity contribution in [1.82, 2.24) is 10.6 Å². The summed E-state index contributed by atoms with van der Waals surface area (Å²) in [5, 5.41) is 22.5. The first-order valence-corrected chi connectivity index (χ1v) is 4.86. The van der Waals surface area contributed by atoms with E-state index in [1.807, 2.05) is 6.92 Å². The first-order valence-electron chi connectivity index (χ1n) is 4.86. The van der Waals surface area contributed by atoms with Crippen LogP contribution in [0.3, 0.4) is 0 Å². The normalized spacial score (nSPS) is 16.3. The lowest BCUT2D eigenvalue weighted by Gasteiger charge is -2.19. The number of carboxylic acid groups (broad SMARTS) is 1. The summed E-state index contributed by atoms with van der Waals surface area (Å²) < 4.78 is 0. The van der Waals surface area contributed by atoms with E-state index < -0.39 is 24.1 Å². The van der Waals surface area contributed by atoms with Crippen LogP contribution in [0, 0.1) is 0 Å². The van der Waals surface area contributed by atoms with Gasteiger partial charge in [-0.2, -0.15) is 0 Å². The molecule has 3 atom stereocenters. The molecule has 6 nitrogen and oxygen atoms in total. The highest BCUT2D eigenvalue weighted by molar-refractivity contribution is 5.83. The van der Waals surface area contributed by atoms with E-state index in [2.05, 4.69) is 10.6 Å². The van der Waals surface area contributed by atoms with Crippen molar-refractivity contribution in [2.45, 2.75) is 45.4 Å². The molecule has 0 aromatic rings. The number of carbonyl (C=O) groups excluding carboxylic acids is 1. The minimum Gasteiger partial charge on any atom is -0.480 e. The van der Waals surface area contributed by atoms with Gasteiger partial charge in [-0.05, 0) is 20.3 Å². The number of aliphatic hydroxyl groups excluding tert-OH is 1. The predicted molar refractivity (Wildman–Crippen MR) is 54.5 cm³/mol. The molecule has 0 aliphatic carbocycles. The molecule has 0 rings (SSSR count). The fourth-order valence-corrected chi connectivity index (χ4v) is 0.897. The lowest BCUT2D eigenvalue weighted by molar-refractivity contribution is -0.141. The Labute approximate surface area is 88.7 Å². The van der Waals surface area contributed by atoms with Gasteiger partial charge in [0.15, 0.2) is 6.04 Å². The topological polar surface area (TPSA) is 98.7 Å².